The first-order valence-electron chi connectivity index (χ1n) is 8.59. The Kier molecular flexibility index (Phi) is 3.82. The maximum absolute atomic E-state index is 13.8. The van der Waals surface area contributed by atoms with Crippen molar-refractivity contribution in [1.29, 1.82) is 0 Å². The number of rotatable bonds is 4. The number of benzene rings is 2. The van der Waals surface area contributed by atoms with Crippen molar-refractivity contribution < 1.29 is 18.3 Å². The van der Waals surface area contributed by atoms with Crippen LogP contribution < -0.4 is 14.8 Å². The summed E-state index contributed by atoms with van der Waals surface area (Å²) < 4.78 is 39.7. The molecule has 140 valence electrons. The van der Waals surface area contributed by atoms with Crippen LogP contribution in [0.3, 0.4) is 0 Å². The summed E-state index contributed by atoms with van der Waals surface area (Å²) in [6.45, 7) is 0.691. The molecule has 1 aliphatic heterocycles. The normalized spacial score (nSPS) is 12.5. The summed E-state index contributed by atoms with van der Waals surface area (Å²) in [6, 6.07) is 9.41. The number of halogens is 2. The summed E-state index contributed by atoms with van der Waals surface area (Å²) in [5, 5.41) is 3.34. The SMILES string of the molecule is Fc1ccc(-c2nc3cnccn3c2NCc2ccc3c(c2)OCO3)cc1F. The van der Waals surface area contributed by atoms with Crippen LogP contribution in [0.4, 0.5) is 14.6 Å². The molecule has 0 fully saturated rings. The zero-order valence-electron chi connectivity index (χ0n) is 14.5. The van der Waals surface area contributed by atoms with Crippen LogP contribution in [-0.2, 0) is 6.54 Å². The van der Waals surface area contributed by atoms with E-state index in [-0.39, 0.29) is 6.79 Å². The second-order valence-corrected chi connectivity index (χ2v) is 6.28. The number of nitrogens with one attached hydrogen (secondary N) is 1. The molecule has 28 heavy (non-hydrogen) atoms. The Morgan fingerprint density at radius 2 is 1.93 bits per heavy atom. The molecule has 2 aromatic carbocycles. The topological polar surface area (TPSA) is 60.7 Å². The van der Waals surface area contributed by atoms with E-state index >= 15 is 0 Å². The third kappa shape index (κ3) is 2.79. The molecule has 1 N–H and O–H groups in total. The molecule has 2 aromatic heterocycles. The van der Waals surface area contributed by atoms with Gasteiger partial charge in [0.15, 0.2) is 28.8 Å². The average Bonchev–Trinajstić information content (AvgIpc) is 3.32. The Labute approximate surface area is 158 Å². The first kappa shape index (κ1) is 16.5. The summed E-state index contributed by atoms with van der Waals surface area (Å²) in [5.41, 5.74) is 2.54. The van der Waals surface area contributed by atoms with E-state index in [4.69, 9.17) is 9.47 Å². The minimum absolute atomic E-state index is 0.215. The number of hydrogen-bond donors (Lipinski definition) is 1. The van der Waals surface area contributed by atoms with Gasteiger partial charge in [-0.1, -0.05) is 6.07 Å². The maximum atomic E-state index is 13.8. The van der Waals surface area contributed by atoms with Crippen molar-refractivity contribution in [3.8, 4) is 22.8 Å². The average molecular weight is 380 g/mol. The molecule has 4 aromatic rings. The third-order valence-electron chi connectivity index (χ3n) is 4.52. The van der Waals surface area contributed by atoms with Gasteiger partial charge in [0.1, 0.15) is 11.5 Å². The molecule has 5 rings (SSSR count). The summed E-state index contributed by atoms with van der Waals surface area (Å²) in [6.07, 6.45) is 5.00. The van der Waals surface area contributed by atoms with Crippen molar-refractivity contribution >= 4 is 11.5 Å². The minimum atomic E-state index is -0.922. The molecular formula is C20H14F2N4O2. The minimum Gasteiger partial charge on any atom is -0.454 e. The predicted octanol–water partition coefficient (Wildman–Crippen LogP) is 4.02. The van der Waals surface area contributed by atoms with Gasteiger partial charge in [0.2, 0.25) is 6.79 Å². The van der Waals surface area contributed by atoms with Crippen LogP contribution in [-0.4, -0.2) is 21.2 Å². The monoisotopic (exact) mass is 380 g/mol. The van der Waals surface area contributed by atoms with Gasteiger partial charge in [-0.2, -0.15) is 0 Å². The zero-order valence-corrected chi connectivity index (χ0v) is 14.5. The highest BCUT2D eigenvalue weighted by atomic mass is 19.2. The summed E-state index contributed by atoms with van der Waals surface area (Å²) in [5.74, 6) is 0.245. The fourth-order valence-corrected chi connectivity index (χ4v) is 3.16. The quantitative estimate of drug-likeness (QED) is 0.580. The van der Waals surface area contributed by atoms with Crippen molar-refractivity contribution in [3.05, 3.63) is 72.2 Å². The highest BCUT2D eigenvalue weighted by Gasteiger charge is 2.17. The van der Waals surface area contributed by atoms with Gasteiger partial charge >= 0.3 is 0 Å². The number of nitrogens with zero attached hydrogens (tertiary/aromatic N) is 3. The number of hydrogen-bond acceptors (Lipinski definition) is 5. The van der Waals surface area contributed by atoms with E-state index in [1.807, 2.05) is 22.6 Å². The van der Waals surface area contributed by atoms with E-state index in [2.05, 4.69) is 15.3 Å². The molecule has 0 radical (unpaired) electrons. The van der Waals surface area contributed by atoms with Gasteiger partial charge in [0.05, 0.1) is 6.20 Å². The molecule has 0 atom stereocenters. The Hall–Kier alpha value is -3.68. The lowest BCUT2D eigenvalue weighted by Gasteiger charge is -2.10. The van der Waals surface area contributed by atoms with E-state index in [0.29, 0.717) is 40.8 Å². The van der Waals surface area contributed by atoms with Gasteiger partial charge in [0.25, 0.3) is 0 Å². The maximum Gasteiger partial charge on any atom is 0.231 e. The highest BCUT2D eigenvalue weighted by molar-refractivity contribution is 5.76. The van der Waals surface area contributed by atoms with E-state index in [1.54, 1.807) is 18.6 Å². The lowest BCUT2D eigenvalue weighted by molar-refractivity contribution is 0.174. The number of ether oxygens (including phenoxy) is 2. The Bertz CT molecular complexity index is 1190. The molecule has 0 aliphatic carbocycles. The number of anilines is 1. The van der Waals surface area contributed by atoms with Crippen LogP contribution in [0.25, 0.3) is 16.9 Å². The Balaban J connectivity index is 1.53. The van der Waals surface area contributed by atoms with E-state index in [1.165, 1.54) is 6.07 Å². The van der Waals surface area contributed by atoms with Gasteiger partial charge in [0, 0.05) is 24.5 Å². The second kappa shape index (κ2) is 6.49. The van der Waals surface area contributed by atoms with Gasteiger partial charge in [-0.25, -0.2) is 13.8 Å². The molecule has 0 spiro atoms. The lowest BCUT2D eigenvalue weighted by Crippen LogP contribution is -2.03. The molecule has 8 heteroatoms. The van der Waals surface area contributed by atoms with Crippen molar-refractivity contribution in [2.75, 3.05) is 12.1 Å². The molecule has 3 heterocycles. The fourth-order valence-electron chi connectivity index (χ4n) is 3.16. The smallest absolute Gasteiger partial charge is 0.231 e. The second-order valence-electron chi connectivity index (χ2n) is 6.28. The van der Waals surface area contributed by atoms with Gasteiger partial charge in [-0.15, -0.1) is 0 Å². The standard InChI is InChI=1S/C20H14F2N4O2/c21-14-3-2-13(8-15(14)22)19-20(26-6-5-23-10-18(26)25-19)24-9-12-1-4-16-17(7-12)28-11-27-16/h1-8,10,24H,9,11H2. The van der Waals surface area contributed by atoms with Crippen LogP contribution in [0.1, 0.15) is 5.56 Å². The zero-order chi connectivity index (χ0) is 19.1. The van der Waals surface area contributed by atoms with Crippen LogP contribution in [0.15, 0.2) is 55.0 Å². The molecule has 0 unspecified atom stereocenters. The van der Waals surface area contributed by atoms with Crippen molar-refractivity contribution in [2.45, 2.75) is 6.54 Å². The molecule has 6 nitrogen and oxygen atoms in total. The number of imidazole rings is 1. The van der Waals surface area contributed by atoms with Crippen molar-refractivity contribution in [1.82, 2.24) is 14.4 Å². The van der Waals surface area contributed by atoms with Gasteiger partial charge < -0.3 is 14.8 Å². The summed E-state index contributed by atoms with van der Waals surface area (Å²) >= 11 is 0. The molecule has 1 aliphatic rings. The number of fused-ring (bicyclic) bond motifs is 2. The molecule has 0 bridgehead atoms. The van der Waals surface area contributed by atoms with E-state index in [0.717, 1.165) is 17.7 Å². The molecule has 0 saturated heterocycles. The van der Waals surface area contributed by atoms with E-state index < -0.39 is 11.6 Å². The largest absolute Gasteiger partial charge is 0.454 e. The van der Waals surface area contributed by atoms with E-state index in [9.17, 15) is 8.78 Å². The Morgan fingerprint density at radius 3 is 2.82 bits per heavy atom. The van der Waals surface area contributed by atoms with Crippen molar-refractivity contribution in [3.63, 3.8) is 0 Å². The van der Waals surface area contributed by atoms with Gasteiger partial charge in [-0.05, 0) is 35.9 Å². The summed E-state index contributed by atoms with van der Waals surface area (Å²) in [4.78, 5) is 8.60. The third-order valence-corrected chi connectivity index (χ3v) is 4.52. The predicted molar refractivity (Wildman–Crippen MR) is 98.2 cm³/mol. The fraction of sp³-hybridized carbons (Fsp3) is 0.100. The lowest BCUT2D eigenvalue weighted by atomic mass is 10.1. The van der Waals surface area contributed by atoms with Crippen molar-refractivity contribution in [2.24, 2.45) is 0 Å². The molecule has 0 amide bonds. The molecule has 0 saturated carbocycles. The van der Waals surface area contributed by atoms with Crippen LogP contribution in [0.2, 0.25) is 0 Å². The Morgan fingerprint density at radius 1 is 1.04 bits per heavy atom. The van der Waals surface area contributed by atoms with Crippen LogP contribution >= 0.6 is 0 Å². The number of aromatic nitrogens is 3. The highest BCUT2D eigenvalue weighted by Crippen LogP contribution is 2.34. The first-order chi connectivity index (χ1) is 13.7. The summed E-state index contributed by atoms with van der Waals surface area (Å²) in [7, 11) is 0. The van der Waals surface area contributed by atoms with Crippen LogP contribution in [0, 0.1) is 11.6 Å². The molecular weight excluding hydrogens is 366 g/mol. The van der Waals surface area contributed by atoms with Gasteiger partial charge in [-0.3, -0.25) is 9.38 Å². The first-order valence-corrected chi connectivity index (χ1v) is 8.59. The van der Waals surface area contributed by atoms with Crippen LogP contribution in [0.5, 0.6) is 11.5 Å².